The molecule has 0 N–H and O–H groups in total. The Kier molecular flexibility index (Phi) is 49.4. The molecule has 0 spiro atoms. The standard InChI is InChI=1S/C57H100O6/c1-4-7-10-13-16-19-22-25-28-31-34-37-40-43-46-49-55(58)61-52-54(63-57(60)51-48-45-42-39-36-33-30-27-24-21-18-15-12-9-6-3)53-62-56(59)50-47-44-41-38-35-32-29-26-23-20-17-14-11-8-5-2/h16-17,19-20,25-26,28-29,34,37,54H,4-15,18,21-24,27,30-33,35-36,38-53H2,1-3H3/b19-16-,20-17-,28-25-,29-26-,37-34-/t54-/m1/s1. The van der Waals surface area contributed by atoms with Crippen LogP contribution in [0.4, 0.5) is 0 Å². The summed E-state index contributed by atoms with van der Waals surface area (Å²) in [5.74, 6) is -0.936. The Morgan fingerprint density at radius 2 is 0.571 bits per heavy atom. The fourth-order valence-corrected chi connectivity index (χ4v) is 7.42. The van der Waals surface area contributed by atoms with Gasteiger partial charge in [-0.15, -0.1) is 0 Å². The van der Waals surface area contributed by atoms with Crippen LogP contribution in [0.1, 0.15) is 265 Å². The second-order valence-corrected chi connectivity index (χ2v) is 17.8. The summed E-state index contributed by atoms with van der Waals surface area (Å²) in [7, 11) is 0. The molecule has 0 bridgehead atoms. The van der Waals surface area contributed by atoms with E-state index in [1.54, 1.807) is 0 Å². The van der Waals surface area contributed by atoms with E-state index < -0.39 is 6.10 Å². The Hall–Kier alpha value is -2.89. The highest BCUT2D eigenvalue weighted by Crippen LogP contribution is 2.15. The van der Waals surface area contributed by atoms with Gasteiger partial charge in [-0.1, -0.05) is 216 Å². The number of esters is 3. The maximum Gasteiger partial charge on any atom is 0.306 e. The van der Waals surface area contributed by atoms with Crippen LogP contribution in [0.25, 0.3) is 0 Å². The zero-order chi connectivity index (χ0) is 45.8. The Morgan fingerprint density at radius 3 is 0.952 bits per heavy atom. The van der Waals surface area contributed by atoms with Gasteiger partial charge < -0.3 is 14.2 Å². The van der Waals surface area contributed by atoms with Gasteiger partial charge in [-0.2, -0.15) is 0 Å². The molecule has 63 heavy (non-hydrogen) atoms. The van der Waals surface area contributed by atoms with Crippen molar-refractivity contribution in [3.63, 3.8) is 0 Å². The third-order valence-electron chi connectivity index (χ3n) is 11.5. The van der Waals surface area contributed by atoms with Crippen LogP contribution in [0.2, 0.25) is 0 Å². The van der Waals surface area contributed by atoms with Crippen molar-refractivity contribution >= 4 is 17.9 Å². The van der Waals surface area contributed by atoms with Crippen molar-refractivity contribution in [2.24, 2.45) is 0 Å². The largest absolute Gasteiger partial charge is 0.462 e. The van der Waals surface area contributed by atoms with Crippen LogP contribution in [0.15, 0.2) is 60.8 Å². The summed E-state index contributed by atoms with van der Waals surface area (Å²) in [6.45, 7) is 6.55. The molecule has 0 saturated heterocycles. The first-order chi connectivity index (χ1) is 31.0. The predicted octanol–water partition coefficient (Wildman–Crippen LogP) is 17.6. The summed E-state index contributed by atoms with van der Waals surface area (Å²) in [6.07, 6.45) is 63.4. The molecule has 6 heteroatoms. The van der Waals surface area contributed by atoms with E-state index in [4.69, 9.17) is 14.2 Å². The van der Waals surface area contributed by atoms with Crippen LogP contribution >= 0.6 is 0 Å². The number of allylic oxidation sites excluding steroid dienone is 10. The summed E-state index contributed by atoms with van der Waals surface area (Å²) >= 11 is 0. The van der Waals surface area contributed by atoms with E-state index in [9.17, 15) is 14.4 Å². The number of hydrogen-bond donors (Lipinski definition) is 0. The van der Waals surface area contributed by atoms with Crippen molar-refractivity contribution < 1.29 is 28.6 Å². The van der Waals surface area contributed by atoms with Crippen molar-refractivity contribution in [3.8, 4) is 0 Å². The summed E-state index contributed by atoms with van der Waals surface area (Å²) in [5.41, 5.74) is 0. The minimum Gasteiger partial charge on any atom is -0.462 e. The number of carbonyl (C=O) groups is 3. The SMILES string of the molecule is CCCCC/C=C\C/C=C\C/C=C\CCCCC(=O)OC[C@H](COC(=O)CCCCCCC/C=C\C/C=C\CCCCC)OC(=O)CCCCCCCCCCCCCCCCC. The van der Waals surface area contributed by atoms with Crippen molar-refractivity contribution in [2.75, 3.05) is 13.2 Å². The molecule has 0 aliphatic carbocycles. The normalized spacial score (nSPS) is 12.5. The number of ether oxygens (including phenoxy) is 3. The van der Waals surface area contributed by atoms with Gasteiger partial charge in [-0.05, 0) is 89.9 Å². The number of rotatable bonds is 48. The lowest BCUT2D eigenvalue weighted by atomic mass is 10.0. The van der Waals surface area contributed by atoms with Gasteiger partial charge in [0.1, 0.15) is 13.2 Å². The lowest BCUT2D eigenvalue weighted by Crippen LogP contribution is -2.30. The number of carbonyl (C=O) groups excluding carboxylic acids is 3. The van der Waals surface area contributed by atoms with Gasteiger partial charge in [-0.3, -0.25) is 14.4 Å². The smallest absolute Gasteiger partial charge is 0.306 e. The van der Waals surface area contributed by atoms with Crippen LogP contribution in [0.3, 0.4) is 0 Å². The minimum absolute atomic E-state index is 0.0918. The molecule has 0 heterocycles. The lowest BCUT2D eigenvalue weighted by Gasteiger charge is -2.18. The molecular weight excluding hydrogens is 781 g/mol. The second kappa shape index (κ2) is 51.7. The van der Waals surface area contributed by atoms with Crippen LogP contribution in [0.5, 0.6) is 0 Å². The Balaban J connectivity index is 4.45. The molecule has 0 fully saturated rings. The van der Waals surface area contributed by atoms with Crippen LogP contribution in [-0.4, -0.2) is 37.2 Å². The van der Waals surface area contributed by atoms with Gasteiger partial charge in [0.2, 0.25) is 0 Å². The second-order valence-electron chi connectivity index (χ2n) is 17.8. The third kappa shape index (κ3) is 50.0. The highest BCUT2D eigenvalue weighted by molar-refractivity contribution is 5.71. The molecule has 1 atom stereocenters. The molecule has 0 aliphatic heterocycles. The van der Waals surface area contributed by atoms with E-state index in [1.165, 1.54) is 135 Å². The first-order valence-electron chi connectivity index (χ1n) is 26.8. The maximum absolute atomic E-state index is 12.8. The molecule has 0 aromatic heterocycles. The highest BCUT2D eigenvalue weighted by Gasteiger charge is 2.19. The van der Waals surface area contributed by atoms with E-state index in [1.807, 2.05) is 0 Å². The van der Waals surface area contributed by atoms with E-state index in [-0.39, 0.29) is 31.1 Å². The average molecular weight is 881 g/mol. The van der Waals surface area contributed by atoms with Crippen molar-refractivity contribution in [1.82, 2.24) is 0 Å². The van der Waals surface area contributed by atoms with Gasteiger partial charge in [0.25, 0.3) is 0 Å². The minimum atomic E-state index is -0.793. The van der Waals surface area contributed by atoms with Crippen LogP contribution in [-0.2, 0) is 28.6 Å². The summed E-state index contributed by atoms with van der Waals surface area (Å²) in [5, 5.41) is 0. The first kappa shape index (κ1) is 60.1. The van der Waals surface area contributed by atoms with E-state index >= 15 is 0 Å². The number of unbranched alkanes of at least 4 members (excludes halogenated alkanes) is 27. The van der Waals surface area contributed by atoms with Gasteiger partial charge in [0, 0.05) is 19.3 Å². The monoisotopic (exact) mass is 881 g/mol. The molecule has 0 aromatic rings. The summed E-state index contributed by atoms with van der Waals surface area (Å²) in [4.78, 5) is 38.0. The Bertz CT molecular complexity index is 1150. The molecule has 0 amide bonds. The predicted molar refractivity (Wildman–Crippen MR) is 270 cm³/mol. The average Bonchev–Trinajstić information content (AvgIpc) is 3.28. The molecule has 0 radical (unpaired) electrons. The highest BCUT2D eigenvalue weighted by atomic mass is 16.6. The Morgan fingerprint density at radius 1 is 0.317 bits per heavy atom. The van der Waals surface area contributed by atoms with Gasteiger partial charge in [0.05, 0.1) is 0 Å². The molecule has 0 unspecified atom stereocenters. The third-order valence-corrected chi connectivity index (χ3v) is 11.5. The topological polar surface area (TPSA) is 78.9 Å². The van der Waals surface area contributed by atoms with Crippen molar-refractivity contribution in [3.05, 3.63) is 60.8 Å². The fraction of sp³-hybridized carbons (Fsp3) is 0.772. The van der Waals surface area contributed by atoms with Crippen molar-refractivity contribution in [1.29, 1.82) is 0 Å². The van der Waals surface area contributed by atoms with E-state index in [2.05, 4.69) is 81.5 Å². The molecular formula is C57H100O6. The molecule has 0 saturated carbocycles. The van der Waals surface area contributed by atoms with Crippen LogP contribution in [0, 0.1) is 0 Å². The number of hydrogen-bond acceptors (Lipinski definition) is 6. The Labute approximate surface area is 390 Å². The summed E-state index contributed by atoms with van der Waals surface area (Å²) < 4.78 is 16.8. The maximum atomic E-state index is 12.8. The van der Waals surface area contributed by atoms with Gasteiger partial charge in [0.15, 0.2) is 6.10 Å². The lowest BCUT2D eigenvalue weighted by molar-refractivity contribution is -0.167. The van der Waals surface area contributed by atoms with Crippen LogP contribution < -0.4 is 0 Å². The van der Waals surface area contributed by atoms with Gasteiger partial charge in [-0.25, -0.2) is 0 Å². The molecule has 364 valence electrons. The molecule has 0 aliphatic rings. The quantitative estimate of drug-likeness (QED) is 0.0262. The summed E-state index contributed by atoms with van der Waals surface area (Å²) in [6, 6.07) is 0. The van der Waals surface area contributed by atoms with E-state index in [0.29, 0.717) is 19.3 Å². The molecule has 6 nitrogen and oxygen atoms in total. The van der Waals surface area contributed by atoms with E-state index in [0.717, 1.165) is 89.9 Å². The molecule has 0 aromatic carbocycles. The zero-order valence-corrected chi connectivity index (χ0v) is 41.6. The van der Waals surface area contributed by atoms with Crippen molar-refractivity contribution in [2.45, 2.75) is 271 Å². The first-order valence-corrected chi connectivity index (χ1v) is 26.8. The zero-order valence-electron chi connectivity index (χ0n) is 41.6. The van der Waals surface area contributed by atoms with Gasteiger partial charge >= 0.3 is 17.9 Å². The fourth-order valence-electron chi connectivity index (χ4n) is 7.42. The molecule has 0 rings (SSSR count).